The van der Waals surface area contributed by atoms with Crippen LogP contribution < -0.4 is 9.64 Å². The van der Waals surface area contributed by atoms with Gasteiger partial charge in [0.2, 0.25) is 9.84 Å². The Morgan fingerprint density at radius 2 is 1.92 bits per heavy atom. The van der Waals surface area contributed by atoms with Gasteiger partial charge in [0.05, 0.1) is 17.2 Å². The van der Waals surface area contributed by atoms with Gasteiger partial charge in [-0.1, -0.05) is 0 Å². The first-order valence-electron chi connectivity index (χ1n) is 7.16. The lowest BCUT2D eigenvalue weighted by Gasteiger charge is -2.27. The molecule has 122 valence electrons. The van der Waals surface area contributed by atoms with Gasteiger partial charge in [-0.15, -0.1) is 0 Å². The second-order valence-electron chi connectivity index (χ2n) is 5.02. The van der Waals surface area contributed by atoms with Gasteiger partial charge in [0, 0.05) is 11.9 Å². The molecule has 0 unspecified atom stereocenters. The molecule has 5 nitrogen and oxygen atoms in total. The van der Waals surface area contributed by atoms with Crippen LogP contribution in [0.25, 0.3) is 0 Å². The first-order valence-corrected chi connectivity index (χ1v) is 8.64. The van der Waals surface area contributed by atoms with Gasteiger partial charge in [0.25, 0.3) is 0 Å². The maximum Gasteiger partial charge on any atom is 0.220 e. The van der Waals surface area contributed by atoms with Crippen LogP contribution in [0.2, 0.25) is 0 Å². The van der Waals surface area contributed by atoms with E-state index in [1.165, 1.54) is 18.3 Å². The topological polar surface area (TPSA) is 70.4 Å². The average molecular weight is 344 g/mol. The van der Waals surface area contributed by atoms with Gasteiger partial charge in [0.1, 0.15) is 17.6 Å². The highest BCUT2D eigenvalue weighted by Gasteiger charge is 2.32. The average Bonchev–Trinajstić information content (AvgIpc) is 2.57. The normalized spacial score (nSPS) is 15.2. The third-order valence-corrected chi connectivity index (χ3v) is 5.22. The summed E-state index contributed by atoms with van der Waals surface area (Å²) < 4.78 is 43.7. The van der Waals surface area contributed by atoms with Crippen LogP contribution in [-0.2, 0) is 9.84 Å². The van der Waals surface area contributed by atoms with Gasteiger partial charge in [0.15, 0.2) is 4.91 Å². The molecule has 24 heavy (non-hydrogen) atoms. The van der Waals surface area contributed by atoms with Crippen LogP contribution in [0.1, 0.15) is 6.92 Å². The van der Waals surface area contributed by atoms with Crippen LogP contribution in [0.5, 0.6) is 5.75 Å². The van der Waals surface area contributed by atoms with E-state index in [9.17, 15) is 12.8 Å². The molecule has 0 fully saturated rings. The summed E-state index contributed by atoms with van der Waals surface area (Å²) in [5.74, 6) is -0.00199. The van der Waals surface area contributed by atoms with Crippen molar-refractivity contribution >= 4 is 21.2 Å². The number of allylic oxidation sites excluding steroid dienone is 1. The Balaban J connectivity index is 2.16. The van der Waals surface area contributed by atoms with Crippen molar-refractivity contribution in [1.82, 2.24) is 0 Å². The summed E-state index contributed by atoms with van der Waals surface area (Å²) in [7, 11) is -4.02. The molecular formula is C17H13FN2O3S. The van der Waals surface area contributed by atoms with Crippen LogP contribution >= 0.6 is 0 Å². The molecule has 0 atom stereocenters. The number of ether oxygens (including phenoxy) is 1. The Hall–Kier alpha value is -2.85. The Morgan fingerprint density at radius 3 is 2.54 bits per heavy atom. The summed E-state index contributed by atoms with van der Waals surface area (Å²) >= 11 is 0. The van der Waals surface area contributed by atoms with Gasteiger partial charge in [-0.05, 0) is 49.4 Å². The van der Waals surface area contributed by atoms with Crippen LogP contribution in [0.4, 0.5) is 15.8 Å². The van der Waals surface area contributed by atoms with Crippen LogP contribution in [0.3, 0.4) is 0 Å². The highest BCUT2D eigenvalue weighted by molar-refractivity contribution is 7.95. The predicted molar refractivity (Wildman–Crippen MR) is 87.0 cm³/mol. The fraction of sp³-hybridized carbons (Fsp3) is 0.118. The zero-order chi connectivity index (χ0) is 17.3. The first-order chi connectivity index (χ1) is 11.5. The molecule has 0 saturated carbocycles. The van der Waals surface area contributed by atoms with Crippen molar-refractivity contribution in [3.05, 3.63) is 59.4 Å². The van der Waals surface area contributed by atoms with Gasteiger partial charge >= 0.3 is 0 Å². The number of hydrogen-bond acceptors (Lipinski definition) is 5. The molecule has 2 aromatic carbocycles. The zero-order valence-electron chi connectivity index (χ0n) is 12.7. The number of anilines is 2. The first kappa shape index (κ1) is 16.0. The lowest BCUT2D eigenvalue weighted by Crippen LogP contribution is -2.21. The Morgan fingerprint density at radius 1 is 1.21 bits per heavy atom. The molecule has 1 aliphatic rings. The number of benzene rings is 2. The summed E-state index contributed by atoms with van der Waals surface area (Å²) in [4.78, 5) is 0.884. The van der Waals surface area contributed by atoms with E-state index in [1.807, 2.05) is 6.92 Å². The van der Waals surface area contributed by atoms with Gasteiger partial charge in [-0.25, -0.2) is 12.8 Å². The summed E-state index contributed by atoms with van der Waals surface area (Å²) in [6.45, 7) is 2.40. The molecule has 7 heteroatoms. The Kier molecular flexibility index (Phi) is 3.99. The van der Waals surface area contributed by atoms with E-state index in [-0.39, 0.29) is 4.90 Å². The minimum absolute atomic E-state index is 0.226. The third-order valence-electron chi connectivity index (χ3n) is 3.54. The van der Waals surface area contributed by atoms with Crippen molar-refractivity contribution < 1.29 is 17.5 Å². The summed E-state index contributed by atoms with van der Waals surface area (Å²) in [6.07, 6.45) is 1.24. The van der Waals surface area contributed by atoms with Gasteiger partial charge < -0.3 is 9.64 Å². The molecule has 0 aliphatic carbocycles. The molecule has 0 spiro atoms. The lowest BCUT2D eigenvalue weighted by atomic mass is 10.2. The van der Waals surface area contributed by atoms with E-state index in [0.29, 0.717) is 23.7 Å². The summed E-state index contributed by atoms with van der Waals surface area (Å²) in [5, 5.41) is 9.16. The van der Waals surface area contributed by atoms with E-state index in [2.05, 4.69) is 0 Å². The van der Waals surface area contributed by atoms with Crippen molar-refractivity contribution in [3.63, 3.8) is 0 Å². The number of fused-ring (bicyclic) bond motifs is 1. The standard InChI is InChI=1S/C17H13FN2O3S/c1-2-23-14-6-4-13(5-7-14)20-11-15(10-19)24(21,22)17-9-12(18)3-8-16(17)20/h3-9,11H,2H2,1H3. The fourth-order valence-corrected chi connectivity index (χ4v) is 3.76. The maximum atomic E-state index is 13.5. The second-order valence-corrected chi connectivity index (χ2v) is 6.90. The lowest BCUT2D eigenvalue weighted by molar-refractivity contribution is 0.340. The Bertz CT molecular complexity index is 960. The van der Waals surface area contributed by atoms with Gasteiger partial charge in [-0.3, -0.25) is 0 Å². The van der Waals surface area contributed by atoms with E-state index in [4.69, 9.17) is 10.00 Å². The number of halogens is 1. The smallest absolute Gasteiger partial charge is 0.220 e. The van der Waals surface area contributed by atoms with Crippen LogP contribution in [-0.4, -0.2) is 15.0 Å². The minimum Gasteiger partial charge on any atom is -0.494 e. The molecule has 3 rings (SSSR count). The molecule has 1 aliphatic heterocycles. The molecule has 1 heterocycles. The summed E-state index contributed by atoms with van der Waals surface area (Å²) in [6, 6.07) is 12.1. The SMILES string of the molecule is CCOc1ccc(N2C=C(C#N)S(=O)(=O)c3cc(F)ccc32)cc1. The molecule has 2 aromatic rings. The van der Waals surface area contributed by atoms with Gasteiger partial charge in [-0.2, -0.15) is 5.26 Å². The highest BCUT2D eigenvalue weighted by Crippen LogP contribution is 2.39. The van der Waals surface area contributed by atoms with Crippen molar-refractivity contribution in [2.24, 2.45) is 0 Å². The molecular weight excluding hydrogens is 331 g/mol. The fourth-order valence-electron chi connectivity index (χ4n) is 2.45. The number of sulfone groups is 1. The second kappa shape index (κ2) is 5.98. The van der Waals surface area contributed by atoms with Crippen molar-refractivity contribution in [1.29, 1.82) is 5.26 Å². The molecule has 0 bridgehead atoms. The quantitative estimate of drug-likeness (QED) is 0.852. The third kappa shape index (κ3) is 2.61. The predicted octanol–water partition coefficient (Wildman–Crippen LogP) is 3.51. The minimum atomic E-state index is -4.02. The van der Waals surface area contributed by atoms with Crippen LogP contribution in [0, 0.1) is 17.1 Å². The number of rotatable bonds is 3. The van der Waals surface area contributed by atoms with Crippen LogP contribution in [0.15, 0.2) is 58.5 Å². The van der Waals surface area contributed by atoms with E-state index < -0.39 is 20.6 Å². The van der Waals surface area contributed by atoms with E-state index in [1.54, 1.807) is 35.2 Å². The molecule has 0 amide bonds. The van der Waals surface area contributed by atoms with E-state index in [0.717, 1.165) is 6.07 Å². The number of nitriles is 1. The van der Waals surface area contributed by atoms with Crippen molar-refractivity contribution in [3.8, 4) is 11.8 Å². The van der Waals surface area contributed by atoms with Crippen molar-refractivity contribution in [2.45, 2.75) is 11.8 Å². The molecule has 0 N–H and O–H groups in total. The molecule has 0 saturated heterocycles. The molecule has 0 radical (unpaired) electrons. The number of nitrogens with zero attached hydrogens (tertiary/aromatic N) is 2. The summed E-state index contributed by atoms with van der Waals surface area (Å²) in [5.41, 5.74) is 0.925. The monoisotopic (exact) mass is 344 g/mol. The van der Waals surface area contributed by atoms with Crippen molar-refractivity contribution in [2.75, 3.05) is 11.5 Å². The van der Waals surface area contributed by atoms with E-state index >= 15 is 0 Å². The molecule has 0 aromatic heterocycles. The number of hydrogen-bond donors (Lipinski definition) is 0. The highest BCUT2D eigenvalue weighted by atomic mass is 32.2. The maximum absolute atomic E-state index is 13.5. The zero-order valence-corrected chi connectivity index (χ0v) is 13.5. The Labute approximate surface area is 139 Å². The largest absolute Gasteiger partial charge is 0.494 e.